The number of anilines is 1. The van der Waals surface area contributed by atoms with Gasteiger partial charge < -0.3 is 0 Å². The van der Waals surface area contributed by atoms with Crippen molar-refractivity contribution in [3.8, 4) is 0 Å². The Balaban J connectivity index is 1.75. The van der Waals surface area contributed by atoms with E-state index in [-0.39, 0.29) is 17.2 Å². The molecule has 2 aromatic rings. The lowest BCUT2D eigenvalue weighted by Crippen LogP contribution is -2.29. The first kappa shape index (κ1) is 15.6. The largest absolute Gasteiger partial charge is 0.298 e. The summed E-state index contributed by atoms with van der Waals surface area (Å²) in [6.07, 6.45) is 0.881. The van der Waals surface area contributed by atoms with Crippen LogP contribution in [0.15, 0.2) is 24.3 Å². The van der Waals surface area contributed by atoms with Gasteiger partial charge in [-0.05, 0) is 12.6 Å². The highest BCUT2D eigenvalue weighted by molar-refractivity contribution is 7.15. The third kappa shape index (κ3) is 3.38. The molecular formula is C15H16N4O3S. The van der Waals surface area contributed by atoms with Crippen LogP contribution in [-0.4, -0.2) is 33.8 Å². The van der Waals surface area contributed by atoms with Crippen LogP contribution >= 0.6 is 11.3 Å². The highest BCUT2D eigenvalue weighted by Gasteiger charge is 2.21. The number of nitro groups is 1. The quantitative estimate of drug-likeness (QED) is 0.687. The molecule has 8 heteroatoms. The van der Waals surface area contributed by atoms with Crippen LogP contribution < -0.4 is 5.32 Å². The molecule has 120 valence electrons. The van der Waals surface area contributed by atoms with Gasteiger partial charge in [0.25, 0.3) is 11.6 Å². The van der Waals surface area contributed by atoms with Crippen molar-refractivity contribution >= 4 is 28.1 Å². The minimum atomic E-state index is -0.516. The van der Waals surface area contributed by atoms with Gasteiger partial charge in [0.2, 0.25) is 0 Å². The number of fused-ring (bicyclic) bond motifs is 1. The molecule has 1 aliphatic rings. The van der Waals surface area contributed by atoms with Crippen molar-refractivity contribution < 1.29 is 9.72 Å². The van der Waals surface area contributed by atoms with Crippen molar-refractivity contribution in [2.24, 2.45) is 0 Å². The zero-order valence-corrected chi connectivity index (χ0v) is 13.4. The van der Waals surface area contributed by atoms with Crippen LogP contribution in [0.25, 0.3) is 0 Å². The van der Waals surface area contributed by atoms with Gasteiger partial charge in [0.15, 0.2) is 5.13 Å². The molecule has 0 atom stereocenters. The summed E-state index contributed by atoms with van der Waals surface area (Å²) >= 11 is 1.47. The lowest BCUT2D eigenvalue weighted by molar-refractivity contribution is -0.384. The van der Waals surface area contributed by atoms with Gasteiger partial charge >= 0.3 is 0 Å². The SMILES string of the molecule is CCN1CCc2nc(NC(=O)c3cccc([N+](=O)[O-])c3)sc2C1. The average Bonchev–Trinajstić information content (AvgIpc) is 2.95. The Bertz CT molecular complexity index is 759. The number of aromatic nitrogens is 1. The summed E-state index contributed by atoms with van der Waals surface area (Å²) in [7, 11) is 0. The molecule has 0 fully saturated rings. The average molecular weight is 332 g/mol. The van der Waals surface area contributed by atoms with Gasteiger partial charge in [-0.2, -0.15) is 0 Å². The fourth-order valence-electron chi connectivity index (χ4n) is 2.50. The molecule has 0 bridgehead atoms. The fourth-order valence-corrected chi connectivity index (χ4v) is 3.55. The number of hydrogen-bond donors (Lipinski definition) is 1. The number of likely N-dealkylation sites (N-methyl/N-ethyl adjacent to an activating group) is 1. The van der Waals surface area contributed by atoms with Crippen molar-refractivity contribution in [1.82, 2.24) is 9.88 Å². The molecule has 2 heterocycles. The highest BCUT2D eigenvalue weighted by Crippen LogP contribution is 2.28. The summed E-state index contributed by atoms with van der Waals surface area (Å²) in [6.45, 7) is 4.95. The molecule has 0 unspecified atom stereocenters. The summed E-state index contributed by atoms with van der Waals surface area (Å²) in [5.74, 6) is -0.382. The molecule has 1 N–H and O–H groups in total. The van der Waals surface area contributed by atoms with Gasteiger partial charge in [-0.1, -0.05) is 13.0 Å². The first-order valence-electron chi connectivity index (χ1n) is 7.33. The predicted molar refractivity (Wildman–Crippen MR) is 87.8 cm³/mol. The standard InChI is InChI=1S/C15H16N4O3S/c1-2-18-7-6-12-13(9-18)23-15(16-12)17-14(20)10-4-3-5-11(8-10)19(21)22/h3-5,8H,2,6-7,9H2,1H3,(H,16,17,20). The molecule has 0 saturated heterocycles. The molecule has 0 radical (unpaired) electrons. The lowest BCUT2D eigenvalue weighted by atomic mass is 10.2. The normalized spacial score (nSPS) is 14.3. The fraction of sp³-hybridized carbons (Fsp3) is 0.333. The van der Waals surface area contributed by atoms with Crippen LogP contribution in [-0.2, 0) is 13.0 Å². The number of nitro benzene ring substituents is 1. The maximum atomic E-state index is 12.2. The zero-order valence-electron chi connectivity index (χ0n) is 12.6. The van der Waals surface area contributed by atoms with E-state index in [0.717, 1.165) is 31.7 Å². The number of amides is 1. The van der Waals surface area contributed by atoms with Crippen molar-refractivity contribution in [3.05, 3.63) is 50.5 Å². The Morgan fingerprint density at radius 1 is 1.52 bits per heavy atom. The number of benzene rings is 1. The Kier molecular flexibility index (Phi) is 4.35. The van der Waals surface area contributed by atoms with E-state index in [4.69, 9.17) is 0 Å². The molecule has 0 spiro atoms. The number of thiazole rings is 1. The summed E-state index contributed by atoms with van der Waals surface area (Å²) in [5, 5.41) is 14.1. The molecule has 7 nitrogen and oxygen atoms in total. The molecule has 0 aliphatic carbocycles. The van der Waals surface area contributed by atoms with Crippen LogP contribution in [0.4, 0.5) is 10.8 Å². The van der Waals surface area contributed by atoms with E-state index in [9.17, 15) is 14.9 Å². The lowest BCUT2D eigenvalue weighted by Gasteiger charge is -2.23. The summed E-state index contributed by atoms with van der Waals surface area (Å²) in [6, 6.07) is 5.67. The van der Waals surface area contributed by atoms with Crippen molar-refractivity contribution in [2.45, 2.75) is 19.9 Å². The first-order chi connectivity index (χ1) is 11.1. The minimum absolute atomic E-state index is 0.102. The molecule has 1 aromatic carbocycles. The van der Waals surface area contributed by atoms with E-state index in [2.05, 4.69) is 22.1 Å². The molecule has 3 rings (SSSR count). The Labute approximate surface area is 137 Å². The Hall–Kier alpha value is -2.32. The number of nitrogens with one attached hydrogen (secondary N) is 1. The van der Waals surface area contributed by atoms with Crippen LogP contribution in [0, 0.1) is 10.1 Å². The number of hydrogen-bond acceptors (Lipinski definition) is 6. The Morgan fingerprint density at radius 3 is 3.09 bits per heavy atom. The summed E-state index contributed by atoms with van der Waals surface area (Å²) in [4.78, 5) is 30.5. The Morgan fingerprint density at radius 2 is 2.35 bits per heavy atom. The number of non-ortho nitro benzene ring substituents is 1. The van der Waals surface area contributed by atoms with Gasteiger partial charge in [0.1, 0.15) is 0 Å². The van der Waals surface area contributed by atoms with E-state index < -0.39 is 4.92 Å². The summed E-state index contributed by atoms with van der Waals surface area (Å²) < 4.78 is 0. The maximum Gasteiger partial charge on any atom is 0.270 e. The van der Waals surface area contributed by atoms with E-state index in [1.54, 1.807) is 6.07 Å². The van der Waals surface area contributed by atoms with Crippen molar-refractivity contribution in [2.75, 3.05) is 18.4 Å². The van der Waals surface area contributed by atoms with Gasteiger partial charge in [0, 0.05) is 42.1 Å². The molecule has 23 heavy (non-hydrogen) atoms. The van der Waals surface area contributed by atoms with Crippen LogP contribution in [0.5, 0.6) is 0 Å². The van der Waals surface area contributed by atoms with E-state index in [1.807, 2.05) is 0 Å². The second-order valence-corrected chi connectivity index (χ2v) is 6.35. The predicted octanol–water partition coefficient (Wildman–Crippen LogP) is 2.68. The van der Waals surface area contributed by atoms with Gasteiger partial charge in [0.05, 0.1) is 10.6 Å². The third-order valence-corrected chi connectivity index (χ3v) is 4.79. The second kappa shape index (κ2) is 6.43. The molecular weight excluding hydrogens is 316 g/mol. The number of carbonyl (C=O) groups excluding carboxylic acids is 1. The second-order valence-electron chi connectivity index (χ2n) is 5.27. The van der Waals surface area contributed by atoms with Gasteiger partial charge in [-0.25, -0.2) is 4.98 Å². The smallest absolute Gasteiger partial charge is 0.270 e. The topological polar surface area (TPSA) is 88.4 Å². The van der Waals surface area contributed by atoms with Crippen LogP contribution in [0.1, 0.15) is 27.9 Å². The maximum absolute atomic E-state index is 12.2. The number of rotatable bonds is 4. The number of carbonyl (C=O) groups is 1. The molecule has 0 saturated carbocycles. The third-order valence-electron chi connectivity index (χ3n) is 3.80. The molecule has 1 amide bonds. The van der Waals surface area contributed by atoms with E-state index >= 15 is 0 Å². The molecule has 1 aliphatic heterocycles. The van der Waals surface area contributed by atoms with E-state index in [0.29, 0.717) is 5.13 Å². The van der Waals surface area contributed by atoms with Gasteiger partial charge in [-0.3, -0.25) is 25.1 Å². The van der Waals surface area contributed by atoms with Crippen molar-refractivity contribution in [3.63, 3.8) is 0 Å². The zero-order chi connectivity index (χ0) is 16.4. The highest BCUT2D eigenvalue weighted by atomic mass is 32.1. The minimum Gasteiger partial charge on any atom is -0.298 e. The van der Waals surface area contributed by atoms with Crippen LogP contribution in [0.3, 0.4) is 0 Å². The number of nitrogens with zero attached hydrogens (tertiary/aromatic N) is 3. The van der Waals surface area contributed by atoms with Crippen LogP contribution in [0.2, 0.25) is 0 Å². The van der Waals surface area contributed by atoms with Gasteiger partial charge in [-0.15, -0.1) is 11.3 Å². The molecule has 1 aromatic heterocycles. The monoisotopic (exact) mass is 332 g/mol. The van der Waals surface area contributed by atoms with E-state index in [1.165, 1.54) is 34.4 Å². The summed E-state index contributed by atoms with van der Waals surface area (Å²) in [5.41, 5.74) is 1.19. The first-order valence-corrected chi connectivity index (χ1v) is 8.15. The van der Waals surface area contributed by atoms with Crippen molar-refractivity contribution in [1.29, 1.82) is 0 Å².